The summed E-state index contributed by atoms with van der Waals surface area (Å²) in [6.07, 6.45) is 0. The zero-order chi connectivity index (χ0) is 16.2. The summed E-state index contributed by atoms with van der Waals surface area (Å²) in [4.78, 5) is 16.2. The number of aliphatic imine (C=N–C) groups is 1. The Kier molecular flexibility index (Phi) is 12.4. The van der Waals surface area contributed by atoms with Crippen LogP contribution in [0.3, 0.4) is 0 Å². The molecule has 0 fully saturated rings. The van der Waals surface area contributed by atoms with E-state index in [1.165, 1.54) is 0 Å². The summed E-state index contributed by atoms with van der Waals surface area (Å²) in [6.45, 7) is 7.25. The average Bonchev–Trinajstić information content (AvgIpc) is 2.53. The Morgan fingerprint density at radius 3 is 2.30 bits per heavy atom. The molecule has 0 aliphatic heterocycles. The Bertz CT molecular complexity index is 477. The van der Waals surface area contributed by atoms with E-state index in [0.717, 1.165) is 18.1 Å². The van der Waals surface area contributed by atoms with Gasteiger partial charge in [-0.15, -0.1) is 24.0 Å². The molecule has 0 aromatic heterocycles. The first-order valence-corrected chi connectivity index (χ1v) is 7.59. The largest absolute Gasteiger partial charge is 0.383 e. The molecule has 7 heteroatoms. The normalized spacial score (nSPS) is 10.7. The van der Waals surface area contributed by atoms with E-state index in [-0.39, 0.29) is 29.9 Å². The van der Waals surface area contributed by atoms with Crippen LogP contribution in [0.15, 0.2) is 29.3 Å². The monoisotopic (exact) mass is 434 g/mol. The number of carbonyl (C=O) groups excluding carboxylic acids is 1. The smallest absolute Gasteiger partial charge is 0.251 e. The summed E-state index contributed by atoms with van der Waals surface area (Å²) >= 11 is 0. The first kappa shape index (κ1) is 21.6. The maximum absolute atomic E-state index is 11.7. The summed E-state index contributed by atoms with van der Waals surface area (Å²) in [7, 11) is 1.67. The van der Waals surface area contributed by atoms with Crippen molar-refractivity contribution in [3.05, 3.63) is 35.4 Å². The molecular weight excluding hydrogens is 407 g/mol. The van der Waals surface area contributed by atoms with Crippen molar-refractivity contribution in [3.63, 3.8) is 0 Å². The van der Waals surface area contributed by atoms with Crippen molar-refractivity contribution in [2.24, 2.45) is 4.99 Å². The summed E-state index contributed by atoms with van der Waals surface area (Å²) in [6, 6.07) is 7.49. The van der Waals surface area contributed by atoms with E-state index in [1.54, 1.807) is 7.11 Å². The second-order valence-electron chi connectivity index (χ2n) is 4.67. The van der Waals surface area contributed by atoms with Crippen LogP contribution < -0.4 is 16.0 Å². The summed E-state index contributed by atoms with van der Waals surface area (Å²) < 4.78 is 5.01. The van der Waals surface area contributed by atoms with Gasteiger partial charge < -0.3 is 20.7 Å². The number of hydrogen-bond acceptors (Lipinski definition) is 3. The van der Waals surface area contributed by atoms with Crippen molar-refractivity contribution in [2.75, 3.05) is 33.4 Å². The van der Waals surface area contributed by atoms with Crippen molar-refractivity contribution in [1.29, 1.82) is 0 Å². The second kappa shape index (κ2) is 13.1. The maximum atomic E-state index is 11.7. The molecule has 0 aliphatic rings. The third kappa shape index (κ3) is 8.75. The van der Waals surface area contributed by atoms with E-state index in [9.17, 15) is 4.79 Å². The minimum absolute atomic E-state index is 0. The number of benzene rings is 1. The predicted molar refractivity (Wildman–Crippen MR) is 105 cm³/mol. The summed E-state index contributed by atoms with van der Waals surface area (Å²) in [5.74, 6) is 0.708. The lowest BCUT2D eigenvalue weighted by Gasteiger charge is -2.10. The van der Waals surface area contributed by atoms with Gasteiger partial charge in [-0.25, -0.2) is 4.99 Å². The van der Waals surface area contributed by atoms with Crippen molar-refractivity contribution in [3.8, 4) is 0 Å². The van der Waals surface area contributed by atoms with Gasteiger partial charge in [0.15, 0.2) is 5.96 Å². The number of carbonyl (C=O) groups is 1. The molecule has 1 rings (SSSR count). The van der Waals surface area contributed by atoms with Crippen molar-refractivity contribution in [1.82, 2.24) is 16.0 Å². The third-order valence-electron chi connectivity index (χ3n) is 2.92. The Morgan fingerprint density at radius 2 is 1.74 bits per heavy atom. The molecule has 1 aromatic rings. The zero-order valence-electron chi connectivity index (χ0n) is 14.0. The lowest BCUT2D eigenvalue weighted by atomic mass is 10.1. The highest BCUT2D eigenvalue weighted by Crippen LogP contribution is 2.05. The molecule has 3 N–H and O–H groups in total. The van der Waals surface area contributed by atoms with E-state index in [2.05, 4.69) is 20.9 Å². The third-order valence-corrected chi connectivity index (χ3v) is 2.92. The molecule has 0 heterocycles. The molecule has 0 saturated heterocycles. The van der Waals surface area contributed by atoms with E-state index >= 15 is 0 Å². The van der Waals surface area contributed by atoms with Gasteiger partial charge in [0.25, 0.3) is 5.91 Å². The van der Waals surface area contributed by atoms with Gasteiger partial charge in [-0.1, -0.05) is 12.1 Å². The van der Waals surface area contributed by atoms with Crippen LogP contribution in [0.1, 0.15) is 29.8 Å². The number of nitrogens with zero attached hydrogens (tertiary/aromatic N) is 1. The number of rotatable bonds is 8. The van der Waals surface area contributed by atoms with Crippen LogP contribution in [0.5, 0.6) is 0 Å². The topological polar surface area (TPSA) is 74.8 Å². The quantitative estimate of drug-likeness (QED) is 0.252. The Labute approximate surface area is 155 Å². The van der Waals surface area contributed by atoms with E-state index in [1.807, 2.05) is 38.1 Å². The number of halogens is 1. The highest BCUT2D eigenvalue weighted by atomic mass is 127. The number of nitrogens with one attached hydrogen (secondary N) is 3. The van der Waals surface area contributed by atoms with Gasteiger partial charge in [0.2, 0.25) is 0 Å². The van der Waals surface area contributed by atoms with Gasteiger partial charge in [0.1, 0.15) is 0 Å². The molecule has 0 aliphatic carbocycles. The zero-order valence-corrected chi connectivity index (χ0v) is 16.3. The number of ether oxygens (including phenoxy) is 1. The molecule has 130 valence electrons. The molecule has 0 unspecified atom stereocenters. The molecule has 6 nitrogen and oxygen atoms in total. The fourth-order valence-corrected chi connectivity index (χ4v) is 1.81. The van der Waals surface area contributed by atoms with Crippen LogP contribution >= 0.6 is 24.0 Å². The van der Waals surface area contributed by atoms with Crippen LogP contribution in [0.2, 0.25) is 0 Å². The minimum Gasteiger partial charge on any atom is -0.383 e. The van der Waals surface area contributed by atoms with Gasteiger partial charge in [-0.2, -0.15) is 0 Å². The molecular formula is C16H27IN4O2. The van der Waals surface area contributed by atoms with Crippen LogP contribution in [-0.2, 0) is 11.3 Å². The molecule has 0 atom stereocenters. The van der Waals surface area contributed by atoms with Crippen LogP contribution in [0.4, 0.5) is 0 Å². The van der Waals surface area contributed by atoms with Crippen LogP contribution in [0, 0.1) is 0 Å². The number of hydrogen-bond donors (Lipinski definition) is 3. The highest BCUT2D eigenvalue weighted by molar-refractivity contribution is 14.0. The Morgan fingerprint density at radius 1 is 1.09 bits per heavy atom. The average molecular weight is 434 g/mol. The SMILES string of the molecule is CCNC(=O)c1ccc(CN=C(NCC)NCCOC)cc1.I. The number of methoxy groups -OCH3 is 1. The first-order chi connectivity index (χ1) is 10.7. The van der Waals surface area contributed by atoms with E-state index in [0.29, 0.717) is 31.8 Å². The molecule has 0 radical (unpaired) electrons. The number of amides is 1. The molecule has 1 amide bonds. The van der Waals surface area contributed by atoms with Gasteiger partial charge >= 0.3 is 0 Å². The van der Waals surface area contributed by atoms with Gasteiger partial charge in [0.05, 0.1) is 13.2 Å². The molecule has 0 spiro atoms. The first-order valence-electron chi connectivity index (χ1n) is 7.59. The summed E-state index contributed by atoms with van der Waals surface area (Å²) in [5.41, 5.74) is 1.72. The maximum Gasteiger partial charge on any atom is 0.251 e. The summed E-state index contributed by atoms with van der Waals surface area (Å²) in [5, 5.41) is 9.14. The molecule has 0 bridgehead atoms. The molecule has 0 saturated carbocycles. The van der Waals surface area contributed by atoms with E-state index < -0.39 is 0 Å². The second-order valence-corrected chi connectivity index (χ2v) is 4.67. The minimum atomic E-state index is -0.0490. The standard InChI is InChI=1S/C16H26N4O2.HI/c1-4-17-15(21)14-8-6-13(7-9-14)12-20-16(18-5-2)19-10-11-22-3;/h6-9H,4-5,10-12H2,1-3H3,(H,17,21)(H2,18,19,20);1H. The van der Waals surface area contributed by atoms with Crippen LogP contribution in [0.25, 0.3) is 0 Å². The van der Waals surface area contributed by atoms with Crippen LogP contribution in [-0.4, -0.2) is 45.2 Å². The van der Waals surface area contributed by atoms with Crippen molar-refractivity contribution in [2.45, 2.75) is 20.4 Å². The lowest BCUT2D eigenvalue weighted by molar-refractivity contribution is 0.0956. The molecule has 23 heavy (non-hydrogen) atoms. The van der Waals surface area contributed by atoms with Crippen molar-refractivity contribution >= 4 is 35.8 Å². The molecule has 1 aromatic carbocycles. The Balaban J connectivity index is 0.00000484. The lowest BCUT2D eigenvalue weighted by Crippen LogP contribution is -2.38. The van der Waals surface area contributed by atoms with Gasteiger partial charge in [0, 0.05) is 32.3 Å². The van der Waals surface area contributed by atoms with E-state index in [4.69, 9.17) is 4.74 Å². The fraction of sp³-hybridized carbons (Fsp3) is 0.500. The number of guanidine groups is 1. The Hall–Kier alpha value is -1.35. The van der Waals surface area contributed by atoms with Gasteiger partial charge in [-0.3, -0.25) is 4.79 Å². The van der Waals surface area contributed by atoms with Gasteiger partial charge in [-0.05, 0) is 31.5 Å². The predicted octanol–water partition coefficient (Wildman–Crippen LogP) is 1.76. The fourth-order valence-electron chi connectivity index (χ4n) is 1.81. The van der Waals surface area contributed by atoms with Crippen molar-refractivity contribution < 1.29 is 9.53 Å². The highest BCUT2D eigenvalue weighted by Gasteiger charge is 2.03.